The molecule has 6 nitrogen and oxygen atoms in total. The van der Waals surface area contributed by atoms with Gasteiger partial charge in [-0.1, -0.05) is 23.8 Å². The average Bonchev–Trinajstić information content (AvgIpc) is 3.20. The van der Waals surface area contributed by atoms with Crippen LogP contribution in [-0.4, -0.2) is 36.2 Å². The predicted molar refractivity (Wildman–Crippen MR) is 113 cm³/mol. The van der Waals surface area contributed by atoms with E-state index >= 15 is 0 Å². The van der Waals surface area contributed by atoms with Gasteiger partial charge in [0.15, 0.2) is 5.11 Å². The van der Waals surface area contributed by atoms with Crippen molar-refractivity contribution in [3.63, 3.8) is 0 Å². The second-order valence-electron chi connectivity index (χ2n) is 6.70. The lowest BCUT2D eigenvalue weighted by molar-refractivity contribution is 0.0857. The molecule has 0 radical (unpaired) electrons. The van der Waals surface area contributed by atoms with Crippen LogP contribution in [0.5, 0.6) is 0 Å². The minimum Gasteiger partial charge on any atom is -0.376 e. The Morgan fingerprint density at radius 1 is 1.11 bits per heavy atom. The summed E-state index contributed by atoms with van der Waals surface area (Å²) in [4.78, 5) is 24.6. The maximum absolute atomic E-state index is 12.3. The summed E-state index contributed by atoms with van der Waals surface area (Å²) >= 11 is 5.22. The zero-order valence-corrected chi connectivity index (χ0v) is 16.5. The molecular weight excluding hydrogens is 374 g/mol. The van der Waals surface area contributed by atoms with Crippen molar-refractivity contribution in [2.75, 3.05) is 18.5 Å². The van der Waals surface area contributed by atoms with Crippen molar-refractivity contribution in [2.45, 2.75) is 25.9 Å². The van der Waals surface area contributed by atoms with E-state index in [1.54, 1.807) is 36.4 Å². The van der Waals surface area contributed by atoms with E-state index < -0.39 is 0 Å². The van der Waals surface area contributed by atoms with Crippen LogP contribution >= 0.6 is 12.2 Å². The molecule has 0 saturated carbocycles. The second-order valence-corrected chi connectivity index (χ2v) is 7.11. The standard InChI is InChI=1S/C21H23N3O3S/c1-14-5-2-6-15(11-14)20(26)24-21(28)23-17-8-3-7-16(12-17)19(25)22-13-18-9-4-10-27-18/h2-3,5-8,11-12,18H,4,9-10,13H2,1H3,(H,22,25)(H2,23,24,26,28)/t18-/m0/s1. The van der Waals surface area contributed by atoms with Crippen LogP contribution in [0.4, 0.5) is 5.69 Å². The van der Waals surface area contributed by atoms with Gasteiger partial charge in [-0.25, -0.2) is 0 Å². The molecule has 7 heteroatoms. The van der Waals surface area contributed by atoms with Gasteiger partial charge in [0, 0.05) is 30.0 Å². The van der Waals surface area contributed by atoms with Crippen molar-refractivity contribution in [1.29, 1.82) is 0 Å². The van der Waals surface area contributed by atoms with Gasteiger partial charge in [0.25, 0.3) is 11.8 Å². The molecule has 1 heterocycles. The Morgan fingerprint density at radius 3 is 2.57 bits per heavy atom. The number of nitrogens with one attached hydrogen (secondary N) is 3. The maximum atomic E-state index is 12.3. The first-order valence-corrected chi connectivity index (χ1v) is 9.61. The van der Waals surface area contributed by atoms with Crippen LogP contribution < -0.4 is 16.0 Å². The Balaban J connectivity index is 1.55. The zero-order chi connectivity index (χ0) is 19.9. The quantitative estimate of drug-likeness (QED) is 0.676. The Kier molecular flexibility index (Phi) is 6.73. The summed E-state index contributed by atoms with van der Waals surface area (Å²) in [6.45, 7) is 3.18. The van der Waals surface area contributed by atoms with Gasteiger partial charge in [-0.15, -0.1) is 0 Å². The van der Waals surface area contributed by atoms with Gasteiger partial charge in [-0.3, -0.25) is 14.9 Å². The first kappa shape index (κ1) is 20.0. The lowest BCUT2D eigenvalue weighted by Crippen LogP contribution is -2.34. The SMILES string of the molecule is Cc1cccc(C(=O)NC(=S)Nc2cccc(C(=O)NC[C@@H]3CCCO3)c2)c1. The third-order valence-electron chi connectivity index (χ3n) is 4.40. The summed E-state index contributed by atoms with van der Waals surface area (Å²) in [5.74, 6) is -0.458. The molecule has 1 atom stereocenters. The molecule has 1 saturated heterocycles. The largest absolute Gasteiger partial charge is 0.376 e. The van der Waals surface area contributed by atoms with Gasteiger partial charge in [0.05, 0.1) is 6.10 Å². The van der Waals surface area contributed by atoms with E-state index in [-0.39, 0.29) is 23.0 Å². The molecule has 0 unspecified atom stereocenters. The molecule has 3 N–H and O–H groups in total. The minimum atomic E-state index is -0.285. The summed E-state index contributed by atoms with van der Waals surface area (Å²) < 4.78 is 5.51. The van der Waals surface area contributed by atoms with Gasteiger partial charge < -0.3 is 15.4 Å². The molecule has 1 aliphatic heterocycles. The zero-order valence-electron chi connectivity index (χ0n) is 15.7. The number of aryl methyl sites for hydroxylation is 1. The number of hydrogen-bond acceptors (Lipinski definition) is 4. The van der Waals surface area contributed by atoms with E-state index in [1.165, 1.54) is 0 Å². The van der Waals surface area contributed by atoms with Gasteiger partial charge in [0.1, 0.15) is 0 Å². The number of carbonyl (C=O) groups is 2. The van der Waals surface area contributed by atoms with Crippen molar-refractivity contribution in [2.24, 2.45) is 0 Å². The van der Waals surface area contributed by atoms with E-state index in [2.05, 4.69) is 16.0 Å². The molecule has 2 aromatic rings. The number of benzene rings is 2. The Hall–Kier alpha value is -2.77. The van der Waals surface area contributed by atoms with Gasteiger partial charge in [-0.2, -0.15) is 0 Å². The summed E-state index contributed by atoms with van der Waals surface area (Å²) in [7, 11) is 0. The third-order valence-corrected chi connectivity index (χ3v) is 4.61. The fourth-order valence-electron chi connectivity index (χ4n) is 2.98. The van der Waals surface area contributed by atoms with Crippen LogP contribution in [0.1, 0.15) is 39.1 Å². The topological polar surface area (TPSA) is 79.5 Å². The van der Waals surface area contributed by atoms with Crippen LogP contribution in [0.3, 0.4) is 0 Å². The van der Waals surface area contributed by atoms with Crippen molar-refractivity contribution >= 4 is 34.8 Å². The van der Waals surface area contributed by atoms with Crippen molar-refractivity contribution in [1.82, 2.24) is 10.6 Å². The second kappa shape index (κ2) is 9.43. The first-order valence-electron chi connectivity index (χ1n) is 9.20. The highest BCUT2D eigenvalue weighted by Crippen LogP contribution is 2.13. The predicted octanol–water partition coefficient (Wildman–Crippen LogP) is 3.03. The number of rotatable bonds is 5. The van der Waals surface area contributed by atoms with Gasteiger partial charge >= 0.3 is 0 Å². The first-order chi connectivity index (χ1) is 13.5. The molecule has 0 aliphatic carbocycles. The number of anilines is 1. The van der Waals surface area contributed by atoms with Crippen LogP contribution in [0, 0.1) is 6.92 Å². The van der Waals surface area contributed by atoms with Crippen LogP contribution in [0.2, 0.25) is 0 Å². The molecule has 1 fully saturated rings. The molecule has 3 rings (SSSR count). The van der Waals surface area contributed by atoms with Gasteiger partial charge in [-0.05, 0) is 62.3 Å². The molecule has 0 bridgehead atoms. The number of ether oxygens (including phenoxy) is 1. The smallest absolute Gasteiger partial charge is 0.257 e. The van der Waals surface area contributed by atoms with Crippen molar-refractivity contribution < 1.29 is 14.3 Å². The highest BCUT2D eigenvalue weighted by Gasteiger charge is 2.17. The molecule has 2 aromatic carbocycles. The fourth-order valence-corrected chi connectivity index (χ4v) is 3.19. The van der Waals surface area contributed by atoms with E-state index in [0.717, 1.165) is 25.0 Å². The Labute approximate surface area is 169 Å². The number of carbonyl (C=O) groups excluding carboxylic acids is 2. The lowest BCUT2D eigenvalue weighted by atomic mass is 10.1. The Morgan fingerprint density at radius 2 is 1.86 bits per heavy atom. The number of hydrogen-bond donors (Lipinski definition) is 3. The molecule has 28 heavy (non-hydrogen) atoms. The lowest BCUT2D eigenvalue weighted by Gasteiger charge is -2.13. The van der Waals surface area contributed by atoms with Crippen molar-refractivity contribution in [3.8, 4) is 0 Å². The van der Waals surface area contributed by atoms with Crippen LogP contribution in [0.25, 0.3) is 0 Å². The Bertz CT molecular complexity index is 879. The molecular formula is C21H23N3O3S. The average molecular weight is 398 g/mol. The fraction of sp³-hybridized carbons (Fsp3) is 0.286. The normalized spacial score (nSPS) is 15.7. The molecule has 2 amide bonds. The highest BCUT2D eigenvalue weighted by molar-refractivity contribution is 7.80. The van der Waals surface area contributed by atoms with Crippen LogP contribution in [0.15, 0.2) is 48.5 Å². The summed E-state index contributed by atoms with van der Waals surface area (Å²) in [5, 5.41) is 8.65. The van der Waals surface area contributed by atoms with E-state index in [1.807, 2.05) is 19.1 Å². The molecule has 146 valence electrons. The molecule has 0 aromatic heterocycles. The van der Waals surface area contributed by atoms with E-state index in [0.29, 0.717) is 23.4 Å². The summed E-state index contributed by atoms with van der Waals surface area (Å²) in [5.41, 5.74) is 2.66. The van der Waals surface area contributed by atoms with E-state index in [4.69, 9.17) is 17.0 Å². The number of amides is 2. The molecule has 0 spiro atoms. The van der Waals surface area contributed by atoms with E-state index in [9.17, 15) is 9.59 Å². The summed E-state index contributed by atoms with van der Waals surface area (Å²) in [6, 6.07) is 14.2. The third kappa shape index (κ3) is 5.61. The highest BCUT2D eigenvalue weighted by atomic mass is 32.1. The minimum absolute atomic E-state index is 0.0923. The molecule has 1 aliphatic rings. The monoisotopic (exact) mass is 397 g/mol. The van der Waals surface area contributed by atoms with Crippen LogP contribution in [-0.2, 0) is 4.74 Å². The number of thiocarbonyl (C=S) groups is 1. The van der Waals surface area contributed by atoms with Crippen molar-refractivity contribution in [3.05, 3.63) is 65.2 Å². The summed E-state index contributed by atoms with van der Waals surface area (Å²) in [6.07, 6.45) is 2.09. The van der Waals surface area contributed by atoms with Gasteiger partial charge in [0.2, 0.25) is 0 Å². The maximum Gasteiger partial charge on any atom is 0.257 e.